The molecule has 2 aliphatic heterocycles. The van der Waals surface area contributed by atoms with E-state index in [0.29, 0.717) is 5.02 Å². The van der Waals surface area contributed by atoms with Gasteiger partial charge in [0.25, 0.3) is 0 Å². The van der Waals surface area contributed by atoms with Crippen LogP contribution >= 0.6 is 11.6 Å². The topological polar surface area (TPSA) is 47.9 Å². The van der Waals surface area contributed by atoms with Crippen molar-refractivity contribution < 1.29 is 14.3 Å². The summed E-state index contributed by atoms with van der Waals surface area (Å²) < 4.78 is 12.0. The van der Waals surface area contributed by atoms with E-state index in [1.54, 1.807) is 6.08 Å². The summed E-state index contributed by atoms with van der Waals surface area (Å²) in [5, 5.41) is 0.673. The molecule has 4 rings (SSSR count). The number of hydrogen-bond acceptors (Lipinski definition) is 4. The third-order valence-corrected chi connectivity index (χ3v) is 5.47. The number of halogens is 1. The zero-order valence-electron chi connectivity index (χ0n) is 12.7. The number of benzene rings is 1. The van der Waals surface area contributed by atoms with Crippen LogP contribution < -0.4 is 9.47 Å². The van der Waals surface area contributed by atoms with Crippen LogP contribution in [0.25, 0.3) is 0 Å². The van der Waals surface area contributed by atoms with E-state index in [0.717, 1.165) is 60.3 Å². The van der Waals surface area contributed by atoms with E-state index in [1.165, 1.54) is 0 Å². The predicted molar refractivity (Wildman–Crippen MR) is 82.7 cm³/mol. The molecule has 22 heavy (non-hydrogen) atoms. The number of ether oxygens (including phenoxy) is 2. The van der Waals surface area contributed by atoms with Crippen molar-refractivity contribution in [2.45, 2.75) is 63.7 Å². The largest absolute Gasteiger partial charge is 0.490 e. The molecule has 1 aromatic carbocycles. The molecule has 0 aromatic heterocycles. The Kier molecular flexibility index (Phi) is 3.04. The zero-order valence-corrected chi connectivity index (χ0v) is 13.5. The molecule has 4 nitrogen and oxygen atoms in total. The first-order valence-electron chi connectivity index (χ1n) is 7.86. The van der Waals surface area contributed by atoms with Gasteiger partial charge in [-0.05, 0) is 33.1 Å². The maximum Gasteiger partial charge on any atom is 0.235 e. The van der Waals surface area contributed by atoms with Crippen LogP contribution in [0.15, 0.2) is 4.99 Å². The van der Waals surface area contributed by atoms with Crippen LogP contribution in [0.3, 0.4) is 0 Å². The molecule has 1 aliphatic carbocycles. The second-order valence-electron chi connectivity index (χ2n) is 6.66. The average molecular weight is 320 g/mol. The van der Waals surface area contributed by atoms with Gasteiger partial charge in [0.05, 0.1) is 5.02 Å². The molecule has 0 saturated heterocycles. The van der Waals surface area contributed by atoms with Crippen LogP contribution in [-0.4, -0.2) is 18.3 Å². The van der Waals surface area contributed by atoms with Crippen molar-refractivity contribution in [1.82, 2.24) is 0 Å². The van der Waals surface area contributed by atoms with Crippen molar-refractivity contribution in [2.24, 2.45) is 4.99 Å². The molecule has 1 fully saturated rings. The maximum atomic E-state index is 11.0. The quantitative estimate of drug-likeness (QED) is 0.617. The summed E-state index contributed by atoms with van der Waals surface area (Å²) in [5.74, 6) is 1.61. The number of isocyanates is 1. The van der Waals surface area contributed by atoms with Crippen molar-refractivity contribution in [3.05, 3.63) is 21.7 Å². The SMILES string of the molecule is CC1Cc2c(c(Cl)c3c(c2C2(N=C=O)CCC2)OC(C)C3)O1. The molecule has 0 bridgehead atoms. The Hall–Kier alpha value is -1.51. The van der Waals surface area contributed by atoms with Gasteiger partial charge < -0.3 is 9.47 Å². The highest BCUT2D eigenvalue weighted by Crippen LogP contribution is 2.57. The fourth-order valence-corrected chi connectivity index (χ4v) is 4.29. The van der Waals surface area contributed by atoms with Crippen molar-refractivity contribution in [3.63, 3.8) is 0 Å². The van der Waals surface area contributed by atoms with Crippen molar-refractivity contribution in [1.29, 1.82) is 0 Å². The smallest absolute Gasteiger partial charge is 0.235 e. The van der Waals surface area contributed by atoms with Gasteiger partial charge in [0.1, 0.15) is 29.2 Å². The molecule has 5 heteroatoms. The minimum absolute atomic E-state index is 0.0866. The van der Waals surface area contributed by atoms with Crippen LogP contribution in [0.1, 0.15) is 49.8 Å². The highest BCUT2D eigenvalue weighted by Gasteiger charge is 2.48. The first-order chi connectivity index (χ1) is 10.6. The Morgan fingerprint density at radius 2 is 1.77 bits per heavy atom. The zero-order chi connectivity index (χ0) is 15.5. The number of aliphatic imine (C=N–C) groups is 1. The Bertz CT molecular complexity index is 665. The van der Waals surface area contributed by atoms with Gasteiger partial charge in [-0.1, -0.05) is 11.6 Å². The lowest BCUT2D eigenvalue weighted by atomic mass is 9.69. The van der Waals surface area contributed by atoms with Crippen LogP contribution in [0.4, 0.5) is 0 Å². The van der Waals surface area contributed by atoms with Crippen LogP contribution in [-0.2, 0) is 23.2 Å². The third kappa shape index (κ3) is 1.77. The van der Waals surface area contributed by atoms with Gasteiger partial charge in [-0.3, -0.25) is 0 Å². The summed E-state index contributed by atoms with van der Waals surface area (Å²) in [6, 6.07) is 0. The molecular formula is C17H18ClNO3. The van der Waals surface area contributed by atoms with E-state index in [1.807, 2.05) is 13.8 Å². The summed E-state index contributed by atoms with van der Waals surface area (Å²) in [5.41, 5.74) is 2.62. The highest BCUT2D eigenvalue weighted by molar-refractivity contribution is 6.33. The molecule has 2 unspecified atom stereocenters. The van der Waals surface area contributed by atoms with E-state index in [2.05, 4.69) is 4.99 Å². The summed E-state index contributed by atoms with van der Waals surface area (Å²) in [7, 11) is 0. The van der Waals surface area contributed by atoms with Gasteiger partial charge in [0.2, 0.25) is 6.08 Å². The first kappa shape index (κ1) is 14.1. The minimum atomic E-state index is -0.488. The van der Waals surface area contributed by atoms with E-state index >= 15 is 0 Å². The number of nitrogens with zero attached hydrogens (tertiary/aromatic N) is 1. The Morgan fingerprint density at radius 1 is 1.14 bits per heavy atom. The van der Waals surface area contributed by atoms with E-state index in [-0.39, 0.29) is 12.2 Å². The van der Waals surface area contributed by atoms with E-state index in [4.69, 9.17) is 21.1 Å². The lowest BCUT2D eigenvalue weighted by molar-refractivity contribution is 0.220. The molecule has 0 amide bonds. The lowest BCUT2D eigenvalue weighted by Gasteiger charge is -2.39. The molecule has 2 heterocycles. The predicted octanol–water partition coefficient (Wildman–Crippen LogP) is 3.70. The monoisotopic (exact) mass is 319 g/mol. The Balaban J connectivity index is 2.00. The Labute approximate surface area is 134 Å². The summed E-state index contributed by atoms with van der Waals surface area (Å²) in [6.07, 6.45) is 6.27. The summed E-state index contributed by atoms with van der Waals surface area (Å²) in [6.45, 7) is 4.07. The number of fused-ring (bicyclic) bond motifs is 2. The molecule has 2 atom stereocenters. The van der Waals surface area contributed by atoms with Gasteiger partial charge in [-0.15, -0.1) is 0 Å². The van der Waals surface area contributed by atoms with Gasteiger partial charge >= 0.3 is 0 Å². The molecule has 3 aliphatic rings. The highest BCUT2D eigenvalue weighted by atomic mass is 35.5. The molecular weight excluding hydrogens is 302 g/mol. The van der Waals surface area contributed by atoms with E-state index < -0.39 is 5.54 Å². The van der Waals surface area contributed by atoms with Crippen LogP contribution in [0.5, 0.6) is 11.5 Å². The standard InChI is InChI=1S/C17H18ClNO3/c1-9-6-11-13(17(19-8-20)4-3-5-17)15-12(7-10(2)21-15)14(18)16(11)22-9/h9-10H,3-7H2,1-2H3. The molecule has 0 radical (unpaired) electrons. The summed E-state index contributed by atoms with van der Waals surface area (Å²) in [4.78, 5) is 15.2. The minimum Gasteiger partial charge on any atom is -0.490 e. The molecule has 1 saturated carbocycles. The van der Waals surface area contributed by atoms with Gasteiger partial charge in [0, 0.05) is 29.5 Å². The van der Waals surface area contributed by atoms with E-state index in [9.17, 15) is 4.79 Å². The van der Waals surface area contributed by atoms with Gasteiger partial charge in [0.15, 0.2) is 0 Å². The first-order valence-corrected chi connectivity index (χ1v) is 8.23. The maximum absolute atomic E-state index is 11.0. The van der Waals surface area contributed by atoms with Crippen molar-refractivity contribution >= 4 is 17.7 Å². The fourth-order valence-electron chi connectivity index (χ4n) is 3.97. The summed E-state index contributed by atoms with van der Waals surface area (Å²) >= 11 is 6.58. The van der Waals surface area contributed by atoms with Crippen LogP contribution in [0, 0.1) is 0 Å². The second-order valence-corrected chi connectivity index (χ2v) is 7.04. The molecule has 0 N–H and O–H groups in total. The lowest BCUT2D eigenvalue weighted by Crippen LogP contribution is -2.33. The fraction of sp³-hybridized carbons (Fsp3) is 0.588. The van der Waals surface area contributed by atoms with Gasteiger partial charge in [-0.2, -0.15) is 4.99 Å². The average Bonchev–Trinajstić information content (AvgIpc) is 2.99. The molecule has 1 aromatic rings. The molecule has 116 valence electrons. The van der Waals surface area contributed by atoms with Crippen molar-refractivity contribution in [3.8, 4) is 11.5 Å². The normalized spacial score (nSPS) is 27.0. The number of rotatable bonds is 2. The molecule has 0 spiro atoms. The second kappa shape index (κ2) is 4.74. The third-order valence-electron chi connectivity index (χ3n) is 5.07. The Morgan fingerprint density at radius 3 is 2.36 bits per heavy atom. The van der Waals surface area contributed by atoms with Gasteiger partial charge in [-0.25, -0.2) is 4.79 Å². The van der Waals surface area contributed by atoms with Crippen molar-refractivity contribution in [2.75, 3.05) is 0 Å². The number of hydrogen-bond donors (Lipinski definition) is 0. The van der Waals surface area contributed by atoms with Crippen LogP contribution in [0.2, 0.25) is 5.02 Å². The number of carbonyl (C=O) groups excluding carboxylic acids is 1.